The molecular formula is C15H16BrN3O2. The number of carbonyl (C=O) groups is 1. The van der Waals surface area contributed by atoms with E-state index >= 15 is 0 Å². The average molecular weight is 350 g/mol. The number of methoxy groups -OCH3 is 1. The molecule has 110 valence electrons. The number of pyridine rings is 1. The molecule has 0 bridgehead atoms. The monoisotopic (exact) mass is 349 g/mol. The summed E-state index contributed by atoms with van der Waals surface area (Å²) in [6.07, 6.45) is 1.68. The lowest BCUT2D eigenvalue weighted by Crippen LogP contribution is -2.38. The molecule has 0 aliphatic carbocycles. The highest BCUT2D eigenvalue weighted by molar-refractivity contribution is 9.10. The molecule has 1 atom stereocenters. The van der Waals surface area contributed by atoms with Crippen molar-refractivity contribution in [3.05, 3.63) is 58.2 Å². The number of nitrogens with one attached hydrogen (secondary N) is 1. The van der Waals surface area contributed by atoms with Crippen molar-refractivity contribution >= 4 is 27.7 Å². The minimum Gasteiger partial charge on any atom is -0.383 e. The highest BCUT2D eigenvalue weighted by atomic mass is 79.9. The molecule has 0 radical (unpaired) electrons. The van der Waals surface area contributed by atoms with Crippen molar-refractivity contribution in [1.82, 2.24) is 10.3 Å². The molecule has 6 heteroatoms. The molecule has 2 aromatic rings. The van der Waals surface area contributed by atoms with E-state index in [1.54, 1.807) is 25.4 Å². The molecule has 1 amide bonds. The first-order chi connectivity index (χ1) is 10.1. The van der Waals surface area contributed by atoms with Crippen molar-refractivity contribution in [3.8, 4) is 0 Å². The largest absolute Gasteiger partial charge is 0.383 e. The molecular weight excluding hydrogens is 334 g/mol. The van der Waals surface area contributed by atoms with E-state index in [2.05, 4.69) is 26.2 Å². The number of carbonyl (C=O) groups excluding carboxylic acids is 1. The third-order valence-corrected chi connectivity index (χ3v) is 3.52. The molecule has 1 aromatic carbocycles. The maximum atomic E-state index is 12.2. The van der Waals surface area contributed by atoms with E-state index in [0.717, 1.165) is 10.0 Å². The molecule has 0 fully saturated rings. The zero-order chi connectivity index (χ0) is 15.2. The van der Waals surface area contributed by atoms with Crippen LogP contribution >= 0.6 is 15.9 Å². The molecule has 2 rings (SSSR count). The van der Waals surface area contributed by atoms with Gasteiger partial charge in [-0.05, 0) is 29.8 Å². The van der Waals surface area contributed by atoms with Crippen LogP contribution in [-0.4, -0.2) is 24.2 Å². The summed E-state index contributed by atoms with van der Waals surface area (Å²) in [5.41, 5.74) is 7.09. The van der Waals surface area contributed by atoms with Crippen LogP contribution in [0.3, 0.4) is 0 Å². The third-order valence-electron chi connectivity index (χ3n) is 2.99. The minimum atomic E-state index is -0.432. The molecule has 3 N–H and O–H groups in total. The summed E-state index contributed by atoms with van der Waals surface area (Å²) in [7, 11) is 1.55. The van der Waals surface area contributed by atoms with Gasteiger partial charge in [0.2, 0.25) is 0 Å². The van der Waals surface area contributed by atoms with Crippen LogP contribution in [0.2, 0.25) is 0 Å². The lowest BCUT2D eigenvalue weighted by atomic mass is 10.1. The van der Waals surface area contributed by atoms with Crippen LogP contribution in [-0.2, 0) is 11.2 Å². The van der Waals surface area contributed by atoms with Gasteiger partial charge in [-0.15, -0.1) is 0 Å². The van der Waals surface area contributed by atoms with Crippen molar-refractivity contribution in [1.29, 1.82) is 0 Å². The molecule has 1 heterocycles. The molecule has 1 unspecified atom stereocenters. The number of aromatic nitrogens is 1. The molecule has 1 aromatic heterocycles. The van der Waals surface area contributed by atoms with Gasteiger partial charge in [0.15, 0.2) is 0 Å². The predicted molar refractivity (Wildman–Crippen MR) is 84.8 cm³/mol. The number of benzene rings is 1. The lowest BCUT2D eigenvalue weighted by molar-refractivity contribution is 0.0582. The van der Waals surface area contributed by atoms with Gasteiger partial charge in [-0.2, -0.15) is 0 Å². The first-order valence-corrected chi connectivity index (χ1v) is 7.18. The Hall–Kier alpha value is -1.92. The van der Waals surface area contributed by atoms with E-state index in [1.165, 1.54) is 0 Å². The van der Waals surface area contributed by atoms with Crippen LogP contribution < -0.4 is 11.1 Å². The number of halogens is 1. The number of nitrogen functional groups attached to an aromatic ring is 1. The van der Waals surface area contributed by atoms with Gasteiger partial charge in [-0.1, -0.05) is 28.1 Å². The Morgan fingerprint density at radius 3 is 2.71 bits per heavy atom. The van der Waals surface area contributed by atoms with Gasteiger partial charge in [0.25, 0.3) is 5.91 Å². The van der Waals surface area contributed by atoms with Crippen LogP contribution in [0.25, 0.3) is 0 Å². The Labute approximate surface area is 131 Å². The number of ether oxygens (including phenoxy) is 1. The van der Waals surface area contributed by atoms with Gasteiger partial charge in [0, 0.05) is 24.2 Å². The third kappa shape index (κ3) is 4.27. The van der Waals surface area contributed by atoms with E-state index in [4.69, 9.17) is 10.5 Å². The summed E-state index contributed by atoms with van der Waals surface area (Å²) >= 11 is 3.39. The fourth-order valence-corrected chi connectivity index (χ4v) is 2.13. The topological polar surface area (TPSA) is 77.2 Å². The standard InChI is InChI=1S/C15H16BrN3O2/c1-21-13(9-10-4-6-11(16)7-5-10)19-15(20)12-3-2-8-18-14(12)17/h2-8,13H,9H2,1H3,(H2,17,18)(H,19,20). The second-order valence-electron chi connectivity index (χ2n) is 4.46. The van der Waals surface area contributed by atoms with Gasteiger partial charge >= 0.3 is 0 Å². The van der Waals surface area contributed by atoms with Crippen LogP contribution in [0.1, 0.15) is 15.9 Å². The van der Waals surface area contributed by atoms with E-state index in [1.807, 2.05) is 24.3 Å². The van der Waals surface area contributed by atoms with Crippen LogP contribution in [0.15, 0.2) is 47.1 Å². The number of anilines is 1. The molecule has 0 spiro atoms. The fraction of sp³-hybridized carbons (Fsp3) is 0.200. The van der Waals surface area contributed by atoms with Crippen molar-refractivity contribution in [3.63, 3.8) is 0 Å². The number of nitrogens with zero attached hydrogens (tertiary/aromatic N) is 1. The number of rotatable bonds is 5. The fourth-order valence-electron chi connectivity index (χ4n) is 1.86. The zero-order valence-electron chi connectivity index (χ0n) is 11.5. The maximum absolute atomic E-state index is 12.2. The van der Waals surface area contributed by atoms with Crippen molar-refractivity contribution in [2.45, 2.75) is 12.6 Å². The van der Waals surface area contributed by atoms with E-state index in [9.17, 15) is 4.79 Å². The van der Waals surface area contributed by atoms with Crippen LogP contribution in [0.4, 0.5) is 5.82 Å². The summed E-state index contributed by atoms with van der Waals surface area (Å²) in [6.45, 7) is 0. The quantitative estimate of drug-likeness (QED) is 0.812. The smallest absolute Gasteiger partial charge is 0.257 e. The van der Waals surface area contributed by atoms with E-state index in [-0.39, 0.29) is 11.7 Å². The average Bonchev–Trinajstić information content (AvgIpc) is 2.49. The van der Waals surface area contributed by atoms with E-state index < -0.39 is 6.23 Å². The summed E-state index contributed by atoms with van der Waals surface area (Å²) in [5, 5.41) is 2.79. The second kappa shape index (κ2) is 7.19. The molecule has 0 saturated carbocycles. The van der Waals surface area contributed by atoms with Gasteiger partial charge in [-0.25, -0.2) is 4.98 Å². The Balaban J connectivity index is 2.04. The molecule has 5 nitrogen and oxygen atoms in total. The number of nitrogens with two attached hydrogens (primary N) is 1. The Morgan fingerprint density at radius 2 is 2.10 bits per heavy atom. The highest BCUT2D eigenvalue weighted by Crippen LogP contribution is 2.13. The first kappa shape index (κ1) is 15.5. The summed E-state index contributed by atoms with van der Waals surface area (Å²) < 4.78 is 6.32. The highest BCUT2D eigenvalue weighted by Gasteiger charge is 2.15. The number of hydrogen-bond donors (Lipinski definition) is 2. The number of amides is 1. The molecule has 21 heavy (non-hydrogen) atoms. The van der Waals surface area contributed by atoms with Crippen LogP contribution in [0.5, 0.6) is 0 Å². The van der Waals surface area contributed by atoms with Gasteiger partial charge in [0.1, 0.15) is 12.0 Å². The predicted octanol–water partition coefficient (Wildman–Crippen LogP) is 2.37. The minimum absolute atomic E-state index is 0.202. The lowest BCUT2D eigenvalue weighted by Gasteiger charge is -2.17. The Kier molecular flexibility index (Phi) is 5.30. The maximum Gasteiger partial charge on any atom is 0.257 e. The summed E-state index contributed by atoms with van der Waals surface area (Å²) in [6, 6.07) is 11.1. The van der Waals surface area contributed by atoms with Gasteiger partial charge < -0.3 is 15.8 Å². The molecule has 0 aliphatic heterocycles. The van der Waals surface area contributed by atoms with Gasteiger partial charge in [0.05, 0.1) is 5.56 Å². The SMILES string of the molecule is COC(Cc1ccc(Br)cc1)NC(=O)c1cccnc1N. The number of hydrogen-bond acceptors (Lipinski definition) is 4. The van der Waals surface area contributed by atoms with Crippen molar-refractivity contribution in [2.24, 2.45) is 0 Å². The summed E-state index contributed by atoms with van der Waals surface area (Å²) in [4.78, 5) is 16.1. The normalized spacial score (nSPS) is 11.9. The molecule has 0 aliphatic rings. The van der Waals surface area contributed by atoms with Crippen molar-refractivity contribution < 1.29 is 9.53 Å². The molecule has 0 saturated heterocycles. The zero-order valence-corrected chi connectivity index (χ0v) is 13.1. The van der Waals surface area contributed by atoms with E-state index in [0.29, 0.717) is 12.0 Å². The Bertz CT molecular complexity index is 617. The second-order valence-corrected chi connectivity index (χ2v) is 5.38. The first-order valence-electron chi connectivity index (χ1n) is 6.38. The summed E-state index contributed by atoms with van der Waals surface area (Å²) in [5.74, 6) is -0.0990. The van der Waals surface area contributed by atoms with Crippen molar-refractivity contribution in [2.75, 3.05) is 12.8 Å². The van der Waals surface area contributed by atoms with Gasteiger partial charge in [-0.3, -0.25) is 4.79 Å². The Morgan fingerprint density at radius 1 is 1.38 bits per heavy atom. The van der Waals surface area contributed by atoms with Crippen LogP contribution in [0, 0.1) is 0 Å².